The van der Waals surface area contributed by atoms with E-state index in [2.05, 4.69) is 5.32 Å². The summed E-state index contributed by atoms with van der Waals surface area (Å²) in [6.07, 6.45) is 0.483. The Kier molecular flexibility index (Phi) is 4.63. The normalized spacial score (nSPS) is 14.4. The van der Waals surface area contributed by atoms with Crippen LogP contribution in [0.15, 0.2) is 18.2 Å². The van der Waals surface area contributed by atoms with Gasteiger partial charge in [-0.25, -0.2) is 4.39 Å². The standard InChI is InChI=1S/C13H18FNO2/c1-8-6-10(4-5-11(8)14)12(15-3)7-9(2)13(16)17/h4-6,9,12,15H,7H2,1-3H3,(H,16,17). The minimum Gasteiger partial charge on any atom is -0.481 e. The third kappa shape index (κ3) is 3.53. The van der Waals surface area contributed by atoms with Gasteiger partial charge in [-0.2, -0.15) is 0 Å². The van der Waals surface area contributed by atoms with Crippen molar-refractivity contribution < 1.29 is 14.3 Å². The van der Waals surface area contributed by atoms with Gasteiger partial charge in [0.2, 0.25) is 0 Å². The van der Waals surface area contributed by atoms with Gasteiger partial charge in [0.25, 0.3) is 0 Å². The molecule has 0 spiro atoms. The molecule has 0 aromatic heterocycles. The topological polar surface area (TPSA) is 49.3 Å². The van der Waals surface area contributed by atoms with Gasteiger partial charge in [0.05, 0.1) is 5.92 Å². The Morgan fingerprint density at radius 2 is 2.18 bits per heavy atom. The first kappa shape index (κ1) is 13.6. The maximum atomic E-state index is 13.1. The van der Waals surface area contributed by atoms with Crippen LogP contribution >= 0.6 is 0 Å². The van der Waals surface area contributed by atoms with Crippen molar-refractivity contribution in [3.05, 3.63) is 35.1 Å². The number of halogens is 1. The van der Waals surface area contributed by atoms with E-state index in [1.807, 2.05) is 0 Å². The molecule has 0 amide bonds. The van der Waals surface area contributed by atoms with E-state index in [0.717, 1.165) is 5.56 Å². The van der Waals surface area contributed by atoms with Crippen molar-refractivity contribution in [2.75, 3.05) is 7.05 Å². The van der Waals surface area contributed by atoms with Gasteiger partial charge in [-0.05, 0) is 37.6 Å². The van der Waals surface area contributed by atoms with Crippen molar-refractivity contribution in [2.45, 2.75) is 26.3 Å². The summed E-state index contributed by atoms with van der Waals surface area (Å²) in [5, 5.41) is 11.9. The molecule has 0 aliphatic heterocycles. The molecule has 2 N–H and O–H groups in total. The Morgan fingerprint density at radius 1 is 1.53 bits per heavy atom. The molecule has 17 heavy (non-hydrogen) atoms. The first-order valence-electron chi connectivity index (χ1n) is 5.61. The van der Waals surface area contributed by atoms with Crippen LogP contribution < -0.4 is 5.32 Å². The fraction of sp³-hybridized carbons (Fsp3) is 0.462. The third-order valence-electron chi connectivity index (χ3n) is 2.94. The molecule has 1 aromatic rings. The molecule has 0 saturated heterocycles. The van der Waals surface area contributed by atoms with Gasteiger partial charge >= 0.3 is 5.97 Å². The zero-order chi connectivity index (χ0) is 13.0. The molecule has 94 valence electrons. The van der Waals surface area contributed by atoms with Crippen molar-refractivity contribution in [3.63, 3.8) is 0 Å². The van der Waals surface area contributed by atoms with E-state index in [0.29, 0.717) is 12.0 Å². The molecule has 3 nitrogen and oxygen atoms in total. The minimum absolute atomic E-state index is 0.0691. The van der Waals surface area contributed by atoms with E-state index < -0.39 is 11.9 Å². The minimum atomic E-state index is -0.816. The van der Waals surface area contributed by atoms with Crippen LogP contribution in [-0.4, -0.2) is 18.1 Å². The van der Waals surface area contributed by atoms with Gasteiger partial charge in [0.15, 0.2) is 0 Å². The molecule has 0 bridgehead atoms. The number of nitrogens with one attached hydrogen (secondary N) is 1. The Labute approximate surface area is 101 Å². The molecule has 0 radical (unpaired) electrons. The van der Waals surface area contributed by atoms with Crippen LogP contribution in [0.4, 0.5) is 4.39 Å². The van der Waals surface area contributed by atoms with Crippen molar-refractivity contribution in [1.29, 1.82) is 0 Å². The van der Waals surface area contributed by atoms with Crippen LogP contribution in [0.25, 0.3) is 0 Å². The van der Waals surface area contributed by atoms with Gasteiger partial charge < -0.3 is 10.4 Å². The van der Waals surface area contributed by atoms with Gasteiger partial charge in [-0.3, -0.25) is 4.79 Å². The zero-order valence-corrected chi connectivity index (χ0v) is 10.3. The molecule has 1 aromatic carbocycles. The lowest BCUT2D eigenvalue weighted by Gasteiger charge is -2.19. The number of hydrogen-bond donors (Lipinski definition) is 2. The van der Waals surface area contributed by atoms with Crippen LogP contribution in [0.5, 0.6) is 0 Å². The molecule has 1 rings (SSSR count). The summed E-state index contributed by atoms with van der Waals surface area (Å²) in [7, 11) is 1.78. The second kappa shape index (κ2) is 5.77. The first-order chi connectivity index (χ1) is 7.95. The van der Waals surface area contributed by atoms with E-state index in [1.54, 1.807) is 33.0 Å². The predicted molar refractivity (Wildman–Crippen MR) is 64.4 cm³/mol. The highest BCUT2D eigenvalue weighted by Crippen LogP contribution is 2.23. The summed E-state index contributed by atoms with van der Waals surface area (Å²) in [6, 6.07) is 4.80. The maximum Gasteiger partial charge on any atom is 0.306 e. The number of benzene rings is 1. The average Bonchev–Trinajstić information content (AvgIpc) is 2.29. The summed E-state index contributed by atoms with van der Waals surface area (Å²) >= 11 is 0. The highest BCUT2D eigenvalue weighted by atomic mass is 19.1. The Morgan fingerprint density at radius 3 is 2.65 bits per heavy atom. The van der Waals surface area contributed by atoms with Crippen LogP contribution in [0.3, 0.4) is 0 Å². The number of aliphatic carboxylic acids is 1. The largest absolute Gasteiger partial charge is 0.481 e. The second-order valence-corrected chi connectivity index (χ2v) is 4.32. The molecule has 4 heteroatoms. The number of carboxylic acid groups (broad SMARTS) is 1. The van der Waals surface area contributed by atoms with E-state index in [1.165, 1.54) is 6.07 Å². The Bertz CT molecular complexity index is 406. The average molecular weight is 239 g/mol. The summed E-state index contributed by atoms with van der Waals surface area (Å²) in [6.45, 7) is 3.37. The molecular weight excluding hydrogens is 221 g/mol. The van der Waals surface area contributed by atoms with E-state index in [-0.39, 0.29) is 11.9 Å². The molecule has 0 fully saturated rings. The monoisotopic (exact) mass is 239 g/mol. The lowest BCUT2D eigenvalue weighted by atomic mass is 9.95. The lowest BCUT2D eigenvalue weighted by Crippen LogP contribution is -2.22. The predicted octanol–water partition coefficient (Wildman–Crippen LogP) is 2.51. The second-order valence-electron chi connectivity index (χ2n) is 4.32. The Hall–Kier alpha value is -1.42. The fourth-order valence-corrected chi connectivity index (χ4v) is 1.76. The lowest BCUT2D eigenvalue weighted by molar-refractivity contribution is -0.141. The van der Waals surface area contributed by atoms with E-state index >= 15 is 0 Å². The quantitative estimate of drug-likeness (QED) is 0.830. The number of carbonyl (C=O) groups is 1. The van der Waals surface area contributed by atoms with E-state index in [9.17, 15) is 9.18 Å². The van der Waals surface area contributed by atoms with Gasteiger partial charge in [0, 0.05) is 6.04 Å². The maximum absolute atomic E-state index is 13.1. The van der Waals surface area contributed by atoms with Crippen molar-refractivity contribution in [3.8, 4) is 0 Å². The molecule has 0 saturated carbocycles. The van der Waals surface area contributed by atoms with Gasteiger partial charge in [0.1, 0.15) is 5.82 Å². The number of rotatable bonds is 5. The highest BCUT2D eigenvalue weighted by Gasteiger charge is 2.18. The van der Waals surface area contributed by atoms with Crippen LogP contribution in [-0.2, 0) is 4.79 Å². The zero-order valence-electron chi connectivity index (χ0n) is 10.3. The first-order valence-corrected chi connectivity index (χ1v) is 5.61. The molecule has 2 atom stereocenters. The molecule has 0 aliphatic rings. The van der Waals surface area contributed by atoms with Gasteiger partial charge in [-0.1, -0.05) is 19.1 Å². The van der Waals surface area contributed by atoms with Crippen LogP contribution in [0.1, 0.15) is 30.5 Å². The number of aryl methyl sites for hydroxylation is 1. The Balaban J connectivity index is 2.86. The van der Waals surface area contributed by atoms with Gasteiger partial charge in [-0.15, -0.1) is 0 Å². The fourth-order valence-electron chi connectivity index (χ4n) is 1.76. The smallest absolute Gasteiger partial charge is 0.306 e. The van der Waals surface area contributed by atoms with Crippen molar-refractivity contribution in [2.24, 2.45) is 5.92 Å². The number of carboxylic acids is 1. The summed E-state index contributed by atoms with van der Waals surface area (Å²) in [5.74, 6) is -1.49. The SMILES string of the molecule is CNC(CC(C)C(=O)O)c1ccc(F)c(C)c1. The molecule has 0 heterocycles. The van der Waals surface area contributed by atoms with Crippen molar-refractivity contribution >= 4 is 5.97 Å². The highest BCUT2D eigenvalue weighted by molar-refractivity contribution is 5.69. The van der Waals surface area contributed by atoms with E-state index in [4.69, 9.17) is 5.11 Å². The third-order valence-corrected chi connectivity index (χ3v) is 2.94. The molecular formula is C13H18FNO2. The molecule has 0 aliphatic carbocycles. The summed E-state index contributed by atoms with van der Waals surface area (Å²) < 4.78 is 13.1. The molecule has 2 unspecified atom stereocenters. The summed E-state index contributed by atoms with van der Waals surface area (Å²) in [5.41, 5.74) is 1.49. The summed E-state index contributed by atoms with van der Waals surface area (Å²) in [4.78, 5) is 10.8. The van der Waals surface area contributed by atoms with Crippen LogP contribution in [0, 0.1) is 18.7 Å². The van der Waals surface area contributed by atoms with Crippen LogP contribution in [0.2, 0.25) is 0 Å². The number of hydrogen-bond acceptors (Lipinski definition) is 2. The van der Waals surface area contributed by atoms with Crippen molar-refractivity contribution in [1.82, 2.24) is 5.32 Å².